The first-order valence-electron chi connectivity index (χ1n) is 6.73. The SMILES string of the molecule is CC(C)Oc1ccc(C(=O)OC2CCC2)cc1S(=O)(=O)Cl. The fourth-order valence-electron chi connectivity index (χ4n) is 1.88. The van der Waals surface area contributed by atoms with Crippen LogP contribution in [0.1, 0.15) is 43.5 Å². The lowest BCUT2D eigenvalue weighted by Gasteiger charge is -2.25. The summed E-state index contributed by atoms with van der Waals surface area (Å²) in [5.74, 6) is -0.419. The van der Waals surface area contributed by atoms with Crippen LogP contribution in [-0.2, 0) is 13.8 Å². The van der Waals surface area contributed by atoms with Gasteiger partial charge in [0.1, 0.15) is 16.7 Å². The lowest BCUT2D eigenvalue weighted by atomic mass is 9.96. The maximum absolute atomic E-state index is 12.0. The number of halogens is 1. The Labute approximate surface area is 128 Å². The fourth-order valence-corrected chi connectivity index (χ4v) is 2.87. The van der Waals surface area contributed by atoms with E-state index in [1.165, 1.54) is 18.2 Å². The summed E-state index contributed by atoms with van der Waals surface area (Å²) in [4.78, 5) is 11.7. The quantitative estimate of drug-likeness (QED) is 0.612. The van der Waals surface area contributed by atoms with Gasteiger partial charge in [-0.1, -0.05) is 0 Å². The number of rotatable bonds is 5. The molecule has 0 heterocycles. The standard InChI is InChI=1S/C14H17ClO5S/c1-9(2)19-12-7-6-10(8-13(12)21(15,17)18)14(16)20-11-4-3-5-11/h6-9,11H,3-5H2,1-2H3. The molecule has 5 nitrogen and oxygen atoms in total. The van der Waals surface area contributed by atoms with E-state index >= 15 is 0 Å². The van der Waals surface area contributed by atoms with Gasteiger partial charge in [-0.3, -0.25) is 0 Å². The molecule has 0 amide bonds. The van der Waals surface area contributed by atoms with Crippen molar-refractivity contribution in [2.45, 2.75) is 50.2 Å². The first-order valence-corrected chi connectivity index (χ1v) is 9.04. The van der Waals surface area contributed by atoms with Crippen LogP contribution in [0.3, 0.4) is 0 Å². The molecule has 0 N–H and O–H groups in total. The summed E-state index contributed by atoms with van der Waals surface area (Å²) in [6.45, 7) is 3.53. The van der Waals surface area contributed by atoms with Crippen molar-refractivity contribution in [1.82, 2.24) is 0 Å². The van der Waals surface area contributed by atoms with Gasteiger partial charge in [0.15, 0.2) is 0 Å². The Hall–Kier alpha value is -1.27. The predicted octanol–water partition coefficient (Wildman–Crippen LogP) is 3.11. The van der Waals surface area contributed by atoms with Gasteiger partial charge >= 0.3 is 5.97 Å². The van der Waals surface area contributed by atoms with E-state index in [1.807, 2.05) is 0 Å². The molecular formula is C14H17ClO5S. The van der Waals surface area contributed by atoms with Gasteiger partial charge in [0.05, 0.1) is 11.7 Å². The number of benzene rings is 1. The largest absolute Gasteiger partial charge is 0.490 e. The Morgan fingerprint density at radius 2 is 2.00 bits per heavy atom. The van der Waals surface area contributed by atoms with Crippen molar-refractivity contribution in [3.8, 4) is 5.75 Å². The van der Waals surface area contributed by atoms with Crippen molar-refractivity contribution < 1.29 is 22.7 Å². The zero-order chi connectivity index (χ0) is 15.6. The summed E-state index contributed by atoms with van der Waals surface area (Å²) in [5.41, 5.74) is 0.150. The maximum Gasteiger partial charge on any atom is 0.338 e. The summed E-state index contributed by atoms with van der Waals surface area (Å²) in [5, 5.41) is 0. The third-order valence-corrected chi connectivity index (χ3v) is 4.47. The molecular weight excluding hydrogens is 316 g/mol. The van der Waals surface area contributed by atoms with Gasteiger partial charge in [0.2, 0.25) is 0 Å². The molecule has 0 radical (unpaired) electrons. The van der Waals surface area contributed by atoms with E-state index in [-0.39, 0.29) is 28.4 Å². The van der Waals surface area contributed by atoms with E-state index in [2.05, 4.69) is 0 Å². The Morgan fingerprint density at radius 3 is 2.48 bits per heavy atom. The van der Waals surface area contributed by atoms with Crippen LogP contribution in [0.25, 0.3) is 0 Å². The van der Waals surface area contributed by atoms with Crippen molar-refractivity contribution in [1.29, 1.82) is 0 Å². The minimum absolute atomic E-state index is 0.0693. The Bertz CT molecular complexity index is 635. The smallest absolute Gasteiger partial charge is 0.338 e. The van der Waals surface area contributed by atoms with Crippen LogP contribution in [0.2, 0.25) is 0 Å². The molecule has 0 saturated heterocycles. The number of hydrogen-bond donors (Lipinski definition) is 0. The van der Waals surface area contributed by atoms with Crippen LogP contribution in [0.4, 0.5) is 0 Å². The summed E-state index contributed by atoms with van der Waals surface area (Å²) in [6, 6.07) is 4.10. The van der Waals surface area contributed by atoms with E-state index in [4.69, 9.17) is 20.2 Å². The average Bonchev–Trinajstić information content (AvgIpc) is 2.32. The highest BCUT2D eigenvalue weighted by molar-refractivity contribution is 8.13. The van der Waals surface area contributed by atoms with E-state index in [9.17, 15) is 13.2 Å². The zero-order valence-electron chi connectivity index (χ0n) is 11.8. The van der Waals surface area contributed by atoms with Crippen LogP contribution in [0.15, 0.2) is 23.1 Å². The highest BCUT2D eigenvalue weighted by Crippen LogP contribution is 2.30. The molecule has 116 valence electrons. The minimum Gasteiger partial charge on any atom is -0.490 e. The monoisotopic (exact) mass is 332 g/mol. The highest BCUT2D eigenvalue weighted by atomic mass is 35.7. The molecule has 0 aromatic heterocycles. The number of hydrogen-bond acceptors (Lipinski definition) is 5. The van der Waals surface area contributed by atoms with Crippen LogP contribution >= 0.6 is 10.7 Å². The molecule has 1 saturated carbocycles. The van der Waals surface area contributed by atoms with Gasteiger partial charge in [-0.05, 0) is 51.3 Å². The van der Waals surface area contributed by atoms with Gasteiger partial charge < -0.3 is 9.47 Å². The summed E-state index contributed by atoms with van der Waals surface area (Å²) in [6.07, 6.45) is 2.46. The molecule has 0 unspecified atom stereocenters. The predicted molar refractivity (Wildman–Crippen MR) is 78.3 cm³/mol. The first kappa shape index (κ1) is 16.1. The Balaban J connectivity index is 2.29. The molecule has 0 atom stereocenters. The molecule has 0 aliphatic heterocycles. The van der Waals surface area contributed by atoms with Crippen molar-refractivity contribution in [2.24, 2.45) is 0 Å². The van der Waals surface area contributed by atoms with E-state index < -0.39 is 15.0 Å². The summed E-state index contributed by atoms with van der Waals surface area (Å²) < 4.78 is 33.9. The van der Waals surface area contributed by atoms with Crippen LogP contribution in [0.5, 0.6) is 5.75 Å². The number of ether oxygens (including phenoxy) is 2. The van der Waals surface area contributed by atoms with Gasteiger partial charge in [0, 0.05) is 10.7 Å². The fraction of sp³-hybridized carbons (Fsp3) is 0.500. The van der Waals surface area contributed by atoms with Crippen molar-refractivity contribution in [3.05, 3.63) is 23.8 Å². The van der Waals surface area contributed by atoms with Crippen LogP contribution in [0, 0.1) is 0 Å². The molecule has 1 aliphatic carbocycles. The third kappa shape index (κ3) is 4.11. The van der Waals surface area contributed by atoms with Crippen LogP contribution < -0.4 is 4.74 Å². The van der Waals surface area contributed by atoms with E-state index in [1.54, 1.807) is 13.8 Å². The number of carbonyl (C=O) groups is 1. The summed E-state index contributed by atoms with van der Waals surface area (Å²) >= 11 is 0. The molecule has 0 bridgehead atoms. The molecule has 1 fully saturated rings. The van der Waals surface area contributed by atoms with Gasteiger partial charge in [0.25, 0.3) is 9.05 Å². The molecule has 7 heteroatoms. The Kier molecular flexibility index (Phi) is 4.78. The lowest BCUT2D eigenvalue weighted by molar-refractivity contribution is 0.00898. The second-order valence-corrected chi connectivity index (χ2v) is 7.76. The first-order chi connectivity index (χ1) is 9.77. The van der Waals surface area contributed by atoms with E-state index in [0.29, 0.717) is 0 Å². The maximum atomic E-state index is 12.0. The summed E-state index contributed by atoms with van der Waals surface area (Å²) in [7, 11) is 1.39. The van der Waals surface area contributed by atoms with Gasteiger partial charge in [-0.2, -0.15) is 0 Å². The molecule has 1 aromatic carbocycles. The average molecular weight is 333 g/mol. The molecule has 1 aromatic rings. The van der Waals surface area contributed by atoms with E-state index in [0.717, 1.165) is 19.3 Å². The van der Waals surface area contributed by atoms with Crippen molar-refractivity contribution in [3.63, 3.8) is 0 Å². The number of esters is 1. The van der Waals surface area contributed by atoms with Crippen molar-refractivity contribution >= 4 is 25.7 Å². The minimum atomic E-state index is -4.02. The topological polar surface area (TPSA) is 69.7 Å². The highest BCUT2D eigenvalue weighted by Gasteiger charge is 2.25. The second-order valence-electron chi connectivity index (χ2n) is 5.22. The molecule has 1 aliphatic rings. The normalized spacial score (nSPS) is 15.6. The zero-order valence-corrected chi connectivity index (χ0v) is 13.4. The van der Waals surface area contributed by atoms with Gasteiger partial charge in [-0.25, -0.2) is 13.2 Å². The molecule has 0 spiro atoms. The lowest BCUT2D eigenvalue weighted by Crippen LogP contribution is -2.25. The van der Waals surface area contributed by atoms with Crippen LogP contribution in [-0.4, -0.2) is 26.6 Å². The Morgan fingerprint density at radius 1 is 1.33 bits per heavy atom. The van der Waals surface area contributed by atoms with Crippen molar-refractivity contribution in [2.75, 3.05) is 0 Å². The second kappa shape index (κ2) is 6.23. The third-order valence-electron chi connectivity index (χ3n) is 3.13. The molecule has 2 rings (SSSR count). The number of carbonyl (C=O) groups excluding carboxylic acids is 1. The molecule has 21 heavy (non-hydrogen) atoms. The van der Waals surface area contributed by atoms with Gasteiger partial charge in [-0.15, -0.1) is 0 Å².